The first kappa shape index (κ1) is 91.9. The summed E-state index contributed by atoms with van der Waals surface area (Å²) in [5.74, 6) is 0. The van der Waals surface area contributed by atoms with E-state index >= 15 is 0 Å². The first-order chi connectivity index (χ1) is 2.83. The third kappa shape index (κ3) is 383. The van der Waals surface area contributed by atoms with E-state index in [1.165, 1.54) is 0 Å². The Morgan fingerprint density at radius 3 is 0.636 bits per heavy atom. The summed E-state index contributed by atoms with van der Waals surface area (Å²) in [6.45, 7) is -0.500. The molecule has 4 nitrogen and oxygen atoms in total. The van der Waals surface area contributed by atoms with Crippen LogP contribution in [0.1, 0.15) is 37.1 Å². The van der Waals surface area contributed by atoms with Gasteiger partial charge in [-0.1, -0.05) is 37.1 Å². The SMILES string of the molecule is C.C.C.C.C.O=CO.O=CO. The standard InChI is InChI=1S/2CH2O2.5CH4/c2*2-1-3;;;;;/h2*1H,(H,2,3);5*1H4. The summed E-state index contributed by atoms with van der Waals surface area (Å²) < 4.78 is 0. The van der Waals surface area contributed by atoms with Crippen molar-refractivity contribution >= 4 is 12.9 Å². The minimum atomic E-state index is -0.250. The number of carboxylic acid groups (broad SMARTS) is 2. The molecule has 0 bridgehead atoms. The molecule has 0 saturated heterocycles. The highest BCUT2D eigenvalue weighted by Crippen LogP contribution is 0.969. The summed E-state index contributed by atoms with van der Waals surface area (Å²) in [6, 6.07) is 0. The van der Waals surface area contributed by atoms with Crippen LogP contribution in [-0.2, 0) is 9.59 Å². The van der Waals surface area contributed by atoms with Gasteiger partial charge in [0.25, 0.3) is 12.9 Å². The molecule has 0 aromatic heterocycles. The predicted octanol–water partition coefficient (Wildman–Crippen LogP) is 2.58. The lowest BCUT2D eigenvalue weighted by molar-refractivity contribution is -0.123. The second-order valence-corrected chi connectivity index (χ2v) is 0.211. The van der Waals surface area contributed by atoms with E-state index in [2.05, 4.69) is 0 Å². The molecule has 0 radical (unpaired) electrons. The van der Waals surface area contributed by atoms with Gasteiger partial charge in [0, 0.05) is 0 Å². The zero-order valence-electron chi connectivity index (χ0n) is 2.87. The van der Waals surface area contributed by atoms with Crippen LogP contribution in [0.3, 0.4) is 0 Å². The van der Waals surface area contributed by atoms with E-state index in [0.29, 0.717) is 0 Å². The fourth-order valence-electron chi connectivity index (χ4n) is 0. The second kappa shape index (κ2) is 638. The van der Waals surface area contributed by atoms with Crippen molar-refractivity contribution in [3.05, 3.63) is 0 Å². The first-order valence-corrected chi connectivity index (χ1v) is 0.988. The Morgan fingerprint density at radius 2 is 0.636 bits per heavy atom. The molecule has 0 aromatic carbocycles. The lowest BCUT2D eigenvalue weighted by atomic mass is 11.7. The van der Waals surface area contributed by atoms with Gasteiger partial charge in [-0.3, -0.25) is 9.59 Å². The molecule has 0 aliphatic rings. The summed E-state index contributed by atoms with van der Waals surface area (Å²) in [5.41, 5.74) is 0. The van der Waals surface area contributed by atoms with Crippen LogP contribution < -0.4 is 0 Å². The van der Waals surface area contributed by atoms with Gasteiger partial charge in [0.15, 0.2) is 0 Å². The summed E-state index contributed by atoms with van der Waals surface area (Å²) >= 11 is 0. The second-order valence-electron chi connectivity index (χ2n) is 0.211. The van der Waals surface area contributed by atoms with Crippen molar-refractivity contribution in [3.63, 3.8) is 0 Å². The van der Waals surface area contributed by atoms with Crippen molar-refractivity contribution in [2.24, 2.45) is 0 Å². The van der Waals surface area contributed by atoms with Crippen molar-refractivity contribution in [3.8, 4) is 0 Å². The third-order valence-electron chi connectivity index (χ3n) is 0. The molecule has 2 N–H and O–H groups in total. The average molecular weight is 172 g/mol. The highest BCUT2D eigenvalue weighted by molar-refractivity contribution is 5.32. The molecule has 0 unspecified atom stereocenters. The van der Waals surface area contributed by atoms with Crippen LogP contribution in [0.25, 0.3) is 0 Å². The molecule has 0 aliphatic carbocycles. The zero-order chi connectivity index (χ0) is 5.41. The van der Waals surface area contributed by atoms with E-state index in [4.69, 9.17) is 19.8 Å². The number of hydrogen-bond acceptors (Lipinski definition) is 2. The van der Waals surface area contributed by atoms with Crippen LogP contribution in [0, 0.1) is 0 Å². The molecule has 11 heavy (non-hydrogen) atoms. The Bertz CT molecular complexity index is 31.4. The quantitative estimate of drug-likeness (QED) is 0.551. The summed E-state index contributed by atoms with van der Waals surface area (Å²) in [4.78, 5) is 16.7. The van der Waals surface area contributed by atoms with Gasteiger partial charge < -0.3 is 10.2 Å². The van der Waals surface area contributed by atoms with Crippen molar-refractivity contribution in [2.75, 3.05) is 0 Å². The maximum absolute atomic E-state index is 8.36. The first-order valence-electron chi connectivity index (χ1n) is 0.988. The van der Waals surface area contributed by atoms with Crippen molar-refractivity contribution < 1.29 is 19.8 Å². The molecule has 0 heterocycles. The smallest absolute Gasteiger partial charge is 0.290 e. The van der Waals surface area contributed by atoms with E-state index in [1.807, 2.05) is 0 Å². The van der Waals surface area contributed by atoms with E-state index in [1.54, 1.807) is 0 Å². The van der Waals surface area contributed by atoms with E-state index < -0.39 is 0 Å². The van der Waals surface area contributed by atoms with Crippen LogP contribution in [0.4, 0.5) is 0 Å². The molecule has 0 atom stereocenters. The molecular weight excluding hydrogens is 148 g/mol. The summed E-state index contributed by atoms with van der Waals surface area (Å²) in [7, 11) is 0. The molecule has 0 spiro atoms. The van der Waals surface area contributed by atoms with Crippen LogP contribution in [0.5, 0.6) is 0 Å². The summed E-state index contributed by atoms with van der Waals surface area (Å²) in [5, 5.41) is 13.8. The molecule has 76 valence electrons. The van der Waals surface area contributed by atoms with Crippen LogP contribution in [-0.4, -0.2) is 23.2 Å². The largest absolute Gasteiger partial charge is 0.483 e. The Balaban J connectivity index is -0.00000000400. The molecule has 0 rings (SSSR count). The van der Waals surface area contributed by atoms with Gasteiger partial charge in [-0.25, -0.2) is 0 Å². The normalized spacial score (nSPS) is 2.18. The van der Waals surface area contributed by atoms with Crippen molar-refractivity contribution in [1.29, 1.82) is 0 Å². The van der Waals surface area contributed by atoms with Crippen molar-refractivity contribution in [2.45, 2.75) is 37.1 Å². The summed E-state index contributed by atoms with van der Waals surface area (Å²) in [6.07, 6.45) is 0. The molecule has 4 heteroatoms. The van der Waals surface area contributed by atoms with Crippen LogP contribution in [0.15, 0.2) is 0 Å². The van der Waals surface area contributed by atoms with Gasteiger partial charge in [0.1, 0.15) is 0 Å². The van der Waals surface area contributed by atoms with Crippen LogP contribution in [0.2, 0.25) is 0 Å². The van der Waals surface area contributed by atoms with Crippen molar-refractivity contribution in [1.82, 2.24) is 0 Å². The number of rotatable bonds is 0. The Hall–Kier alpha value is -1.06. The molecular formula is C7H24O4. The molecule has 0 fully saturated rings. The van der Waals surface area contributed by atoms with E-state index in [9.17, 15) is 0 Å². The molecule has 0 amide bonds. The number of carbonyl (C=O) groups is 2. The topological polar surface area (TPSA) is 74.6 Å². The molecule has 0 saturated carbocycles. The average Bonchev–Trinajstić information content (AvgIpc) is 1.39. The maximum Gasteiger partial charge on any atom is 0.290 e. The zero-order valence-corrected chi connectivity index (χ0v) is 2.87. The highest BCUT2D eigenvalue weighted by Gasteiger charge is 1.22. The monoisotopic (exact) mass is 172 g/mol. The predicted molar refractivity (Wildman–Crippen MR) is 51.0 cm³/mol. The van der Waals surface area contributed by atoms with Gasteiger partial charge in [-0.15, -0.1) is 0 Å². The van der Waals surface area contributed by atoms with Gasteiger partial charge in [-0.2, -0.15) is 0 Å². The minimum absolute atomic E-state index is 0. The fourth-order valence-corrected chi connectivity index (χ4v) is 0. The fraction of sp³-hybridized carbons (Fsp3) is 0.714. The molecule has 0 aromatic rings. The Labute approximate surface area is 70.9 Å². The third-order valence-corrected chi connectivity index (χ3v) is 0. The Morgan fingerprint density at radius 1 is 0.636 bits per heavy atom. The van der Waals surface area contributed by atoms with Crippen LogP contribution >= 0.6 is 0 Å². The lowest BCUT2D eigenvalue weighted by Crippen LogP contribution is -1.49. The highest BCUT2D eigenvalue weighted by atomic mass is 16.3. The van der Waals surface area contributed by atoms with E-state index in [-0.39, 0.29) is 50.1 Å². The lowest BCUT2D eigenvalue weighted by Gasteiger charge is -1.34. The minimum Gasteiger partial charge on any atom is -0.483 e. The maximum atomic E-state index is 8.36. The number of hydrogen-bond donors (Lipinski definition) is 2. The van der Waals surface area contributed by atoms with E-state index in [0.717, 1.165) is 0 Å². The van der Waals surface area contributed by atoms with Gasteiger partial charge in [0.2, 0.25) is 0 Å². The Kier molecular flexibility index (Phi) is 5330. The van der Waals surface area contributed by atoms with Gasteiger partial charge >= 0.3 is 0 Å². The molecule has 0 aliphatic heterocycles. The van der Waals surface area contributed by atoms with Gasteiger partial charge in [0.05, 0.1) is 0 Å². The van der Waals surface area contributed by atoms with Gasteiger partial charge in [-0.05, 0) is 0 Å².